The van der Waals surface area contributed by atoms with Crippen molar-refractivity contribution in [3.8, 4) is 0 Å². The Bertz CT molecular complexity index is 421. The maximum absolute atomic E-state index is 8.83. The maximum atomic E-state index is 8.83. The summed E-state index contributed by atoms with van der Waals surface area (Å²) in [6.07, 6.45) is 3.54. The van der Waals surface area contributed by atoms with E-state index in [1.54, 1.807) is 17.7 Å². The molecule has 0 radical (unpaired) electrons. The number of aryl methyl sites for hydroxylation is 1. The summed E-state index contributed by atoms with van der Waals surface area (Å²) in [5, 5.41) is 11.9. The average Bonchev–Trinajstić information content (AvgIpc) is 2.76. The third kappa shape index (κ3) is 2.00. The Balaban J connectivity index is 2.10. The van der Waals surface area contributed by atoms with Gasteiger partial charge in [-0.05, 0) is 6.92 Å². The van der Waals surface area contributed by atoms with Crippen molar-refractivity contribution in [3.63, 3.8) is 0 Å². The van der Waals surface area contributed by atoms with Crippen molar-refractivity contribution >= 4 is 11.3 Å². The Labute approximate surface area is 85.9 Å². The molecule has 0 unspecified atom stereocenters. The molecule has 74 valence electrons. The van der Waals surface area contributed by atoms with Gasteiger partial charge in [-0.1, -0.05) is 0 Å². The smallest absolute Gasteiger partial charge is 0.113 e. The molecule has 14 heavy (non-hydrogen) atoms. The Morgan fingerprint density at radius 2 is 2.43 bits per heavy atom. The first kappa shape index (κ1) is 9.36. The van der Waals surface area contributed by atoms with Crippen molar-refractivity contribution in [3.05, 3.63) is 34.3 Å². The molecule has 1 N–H and O–H groups in total. The zero-order valence-corrected chi connectivity index (χ0v) is 8.66. The minimum atomic E-state index is -0.0100. The van der Waals surface area contributed by atoms with Crippen LogP contribution in [-0.2, 0) is 13.2 Å². The van der Waals surface area contributed by atoms with Crippen LogP contribution in [0.25, 0.3) is 0 Å². The first-order chi connectivity index (χ1) is 6.78. The number of imidazole rings is 1. The Hall–Kier alpha value is -1.20. The second kappa shape index (κ2) is 3.89. The van der Waals surface area contributed by atoms with Crippen molar-refractivity contribution in [2.75, 3.05) is 0 Å². The fraction of sp³-hybridized carbons (Fsp3) is 0.333. The van der Waals surface area contributed by atoms with Gasteiger partial charge in [0.05, 0.1) is 25.2 Å². The third-order valence-corrected chi connectivity index (χ3v) is 2.78. The van der Waals surface area contributed by atoms with Gasteiger partial charge in [-0.3, -0.25) is 0 Å². The number of aliphatic hydroxyl groups is 1. The minimum Gasteiger partial charge on any atom is -0.390 e. The third-order valence-electron chi connectivity index (χ3n) is 1.83. The lowest BCUT2D eigenvalue weighted by atomic mass is 10.5. The molecule has 2 aromatic heterocycles. The zero-order chi connectivity index (χ0) is 9.97. The lowest BCUT2D eigenvalue weighted by molar-refractivity contribution is 0.277. The van der Waals surface area contributed by atoms with Gasteiger partial charge in [0.1, 0.15) is 5.01 Å². The van der Waals surface area contributed by atoms with E-state index in [1.807, 2.05) is 23.1 Å². The van der Waals surface area contributed by atoms with Gasteiger partial charge in [-0.2, -0.15) is 0 Å². The standard InChI is InChI=1S/C9H11N3OS/c1-7-5-14-9(11-7)3-12-2-8(4-13)10-6-12/h2,5-6,13H,3-4H2,1H3. The van der Waals surface area contributed by atoms with Crippen LogP contribution in [0.5, 0.6) is 0 Å². The first-order valence-electron chi connectivity index (χ1n) is 4.30. The van der Waals surface area contributed by atoms with Crippen LogP contribution in [0.1, 0.15) is 16.4 Å². The van der Waals surface area contributed by atoms with Crippen LogP contribution < -0.4 is 0 Å². The number of hydrogen-bond donors (Lipinski definition) is 1. The highest BCUT2D eigenvalue weighted by Gasteiger charge is 2.01. The molecule has 2 rings (SSSR count). The minimum absolute atomic E-state index is 0.0100. The molecule has 0 saturated carbocycles. The van der Waals surface area contributed by atoms with Crippen molar-refractivity contribution in [1.29, 1.82) is 0 Å². The number of nitrogens with zero attached hydrogens (tertiary/aromatic N) is 3. The highest BCUT2D eigenvalue weighted by atomic mass is 32.1. The van der Waals surface area contributed by atoms with E-state index in [9.17, 15) is 0 Å². The monoisotopic (exact) mass is 209 g/mol. The Morgan fingerprint density at radius 3 is 3.00 bits per heavy atom. The average molecular weight is 209 g/mol. The molecule has 2 aromatic rings. The number of aromatic nitrogens is 3. The number of thiazole rings is 1. The second-order valence-electron chi connectivity index (χ2n) is 3.08. The van der Waals surface area contributed by atoms with Crippen LogP contribution in [-0.4, -0.2) is 19.6 Å². The Kier molecular flexibility index (Phi) is 2.60. The lowest BCUT2D eigenvalue weighted by Gasteiger charge is -1.96. The summed E-state index contributed by atoms with van der Waals surface area (Å²) in [6, 6.07) is 0. The van der Waals surface area contributed by atoms with E-state index in [1.165, 1.54) is 0 Å². The number of aliphatic hydroxyl groups excluding tert-OH is 1. The summed E-state index contributed by atoms with van der Waals surface area (Å²) in [5.41, 5.74) is 1.74. The predicted molar refractivity (Wildman–Crippen MR) is 54.1 cm³/mol. The van der Waals surface area contributed by atoms with Gasteiger partial charge in [0, 0.05) is 17.3 Å². The van der Waals surface area contributed by atoms with Gasteiger partial charge in [-0.15, -0.1) is 11.3 Å². The number of rotatable bonds is 3. The van der Waals surface area contributed by atoms with Gasteiger partial charge < -0.3 is 9.67 Å². The van der Waals surface area contributed by atoms with Crippen LogP contribution in [0.3, 0.4) is 0 Å². The lowest BCUT2D eigenvalue weighted by Crippen LogP contribution is -1.95. The van der Waals surface area contributed by atoms with E-state index in [0.29, 0.717) is 5.69 Å². The summed E-state index contributed by atoms with van der Waals surface area (Å²) in [6.45, 7) is 2.70. The van der Waals surface area contributed by atoms with E-state index in [2.05, 4.69) is 9.97 Å². The summed E-state index contributed by atoms with van der Waals surface area (Å²) in [5.74, 6) is 0. The van der Waals surface area contributed by atoms with Gasteiger partial charge in [0.2, 0.25) is 0 Å². The SMILES string of the molecule is Cc1csc(Cn2cnc(CO)c2)n1. The topological polar surface area (TPSA) is 50.9 Å². The summed E-state index contributed by atoms with van der Waals surface area (Å²) < 4.78 is 1.92. The maximum Gasteiger partial charge on any atom is 0.113 e. The predicted octanol–water partition coefficient (Wildman–Crippen LogP) is 1.19. The van der Waals surface area contributed by atoms with E-state index in [-0.39, 0.29) is 6.61 Å². The van der Waals surface area contributed by atoms with Crippen LogP contribution >= 0.6 is 11.3 Å². The molecular formula is C9H11N3OS. The van der Waals surface area contributed by atoms with E-state index in [0.717, 1.165) is 17.2 Å². The molecule has 4 nitrogen and oxygen atoms in total. The van der Waals surface area contributed by atoms with Gasteiger partial charge in [0.25, 0.3) is 0 Å². The first-order valence-corrected chi connectivity index (χ1v) is 5.18. The zero-order valence-electron chi connectivity index (χ0n) is 7.84. The molecule has 0 fully saturated rings. The normalized spacial score (nSPS) is 10.7. The molecule has 0 saturated heterocycles. The molecule has 0 spiro atoms. The molecule has 0 aliphatic heterocycles. The van der Waals surface area contributed by atoms with E-state index >= 15 is 0 Å². The van der Waals surface area contributed by atoms with E-state index in [4.69, 9.17) is 5.11 Å². The molecule has 0 atom stereocenters. The molecule has 2 heterocycles. The van der Waals surface area contributed by atoms with Crippen molar-refractivity contribution in [1.82, 2.24) is 14.5 Å². The second-order valence-corrected chi connectivity index (χ2v) is 4.02. The summed E-state index contributed by atoms with van der Waals surface area (Å²) in [4.78, 5) is 8.38. The fourth-order valence-electron chi connectivity index (χ4n) is 1.21. The van der Waals surface area contributed by atoms with Gasteiger partial charge in [0.15, 0.2) is 0 Å². The van der Waals surface area contributed by atoms with Crippen molar-refractivity contribution in [2.45, 2.75) is 20.1 Å². The largest absolute Gasteiger partial charge is 0.390 e. The van der Waals surface area contributed by atoms with Crippen LogP contribution in [0.15, 0.2) is 17.9 Å². The van der Waals surface area contributed by atoms with Gasteiger partial charge >= 0.3 is 0 Å². The highest BCUT2D eigenvalue weighted by molar-refractivity contribution is 7.09. The highest BCUT2D eigenvalue weighted by Crippen LogP contribution is 2.10. The summed E-state index contributed by atoms with van der Waals surface area (Å²) in [7, 11) is 0. The molecule has 0 aliphatic rings. The molecule has 5 heteroatoms. The van der Waals surface area contributed by atoms with Gasteiger partial charge in [-0.25, -0.2) is 9.97 Å². The van der Waals surface area contributed by atoms with Crippen molar-refractivity contribution < 1.29 is 5.11 Å². The molecular weight excluding hydrogens is 198 g/mol. The molecule has 0 aliphatic carbocycles. The molecule has 0 aromatic carbocycles. The fourth-order valence-corrected chi connectivity index (χ4v) is 1.99. The van der Waals surface area contributed by atoms with E-state index < -0.39 is 0 Å². The van der Waals surface area contributed by atoms with Crippen LogP contribution in [0.4, 0.5) is 0 Å². The number of hydrogen-bond acceptors (Lipinski definition) is 4. The van der Waals surface area contributed by atoms with Crippen molar-refractivity contribution in [2.24, 2.45) is 0 Å². The summed E-state index contributed by atoms with van der Waals surface area (Å²) >= 11 is 1.64. The quantitative estimate of drug-likeness (QED) is 0.826. The van der Waals surface area contributed by atoms with Crippen LogP contribution in [0, 0.1) is 6.92 Å². The molecule has 0 amide bonds. The van der Waals surface area contributed by atoms with Crippen LogP contribution in [0.2, 0.25) is 0 Å². The Morgan fingerprint density at radius 1 is 1.57 bits per heavy atom. The molecule has 0 bridgehead atoms.